The molecule has 2 rings (SSSR count). The smallest absolute Gasteiger partial charge is 0.0288 e. The van der Waals surface area contributed by atoms with Crippen LogP contribution in [-0.2, 0) is 5.41 Å². The van der Waals surface area contributed by atoms with E-state index < -0.39 is 0 Å². The van der Waals surface area contributed by atoms with E-state index in [1.165, 1.54) is 36.2 Å². The molecule has 104 valence electrons. The number of aromatic amines is 1. The predicted molar refractivity (Wildman–Crippen MR) is 85.5 cm³/mol. The lowest BCUT2D eigenvalue weighted by atomic mass is 9.66. The van der Waals surface area contributed by atoms with E-state index in [1.54, 1.807) is 0 Å². The van der Waals surface area contributed by atoms with Crippen molar-refractivity contribution in [1.29, 1.82) is 0 Å². The molecule has 0 bridgehead atoms. The number of allylic oxidation sites excluding steroid dienone is 5. The summed E-state index contributed by atoms with van der Waals surface area (Å²) in [5.74, 6) is 0. The van der Waals surface area contributed by atoms with Crippen molar-refractivity contribution in [1.82, 2.24) is 4.98 Å². The Kier molecular flexibility index (Phi) is 5.88. The quantitative estimate of drug-likeness (QED) is 0.689. The third kappa shape index (κ3) is 3.73. The molecule has 1 aromatic rings. The number of rotatable bonds is 4. The third-order valence-corrected chi connectivity index (χ3v) is 3.61. The third-order valence-electron chi connectivity index (χ3n) is 3.61. The van der Waals surface area contributed by atoms with Gasteiger partial charge >= 0.3 is 0 Å². The van der Waals surface area contributed by atoms with Crippen molar-refractivity contribution in [3.8, 4) is 0 Å². The monoisotopic (exact) mass is 257 g/mol. The summed E-state index contributed by atoms with van der Waals surface area (Å²) in [5, 5.41) is 0. The van der Waals surface area contributed by atoms with E-state index in [4.69, 9.17) is 0 Å². The van der Waals surface area contributed by atoms with E-state index in [0.717, 1.165) is 0 Å². The first kappa shape index (κ1) is 15.6. The number of hydrogen-bond donors (Lipinski definition) is 1. The molecule has 0 unspecified atom stereocenters. The molecule has 1 aliphatic carbocycles. The zero-order valence-electron chi connectivity index (χ0n) is 12.8. The second-order valence-electron chi connectivity index (χ2n) is 5.05. The highest BCUT2D eigenvalue weighted by Gasteiger charge is 2.37. The zero-order chi connectivity index (χ0) is 14.3. The highest BCUT2D eigenvalue weighted by Crippen LogP contribution is 2.45. The SMILES string of the molecule is C=C/C=C\C(C)=C\C1(c2ccc(C)[nH]2)CCC1.CC. The van der Waals surface area contributed by atoms with Gasteiger partial charge in [0.25, 0.3) is 0 Å². The number of aromatic nitrogens is 1. The van der Waals surface area contributed by atoms with Crippen LogP contribution in [-0.4, -0.2) is 4.98 Å². The van der Waals surface area contributed by atoms with Crippen LogP contribution in [0.1, 0.15) is 51.4 Å². The molecular weight excluding hydrogens is 230 g/mol. The van der Waals surface area contributed by atoms with Gasteiger partial charge in [0.05, 0.1) is 0 Å². The summed E-state index contributed by atoms with van der Waals surface area (Å²) < 4.78 is 0. The van der Waals surface area contributed by atoms with Crippen molar-refractivity contribution in [2.24, 2.45) is 0 Å². The molecule has 0 amide bonds. The van der Waals surface area contributed by atoms with Gasteiger partial charge in [0.1, 0.15) is 0 Å². The first-order valence-electron chi connectivity index (χ1n) is 7.31. The summed E-state index contributed by atoms with van der Waals surface area (Å²) >= 11 is 0. The van der Waals surface area contributed by atoms with Gasteiger partial charge in [-0.25, -0.2) is 0 Å². The van der Waals surface area contributed by atoms with Crippen LogP contribution in [0.3, 0.4) is 0 Å². The van der Waals surface area contributed by atoms with Gasteiger partial charge in [-0.1, -0.05) is 56.7 Å². The van der Waals surface area contributed by atoms with Gasteiger partial charge in [-0.15, -0.1) is 0 Å². The van der Waals surface area contributed by atoms with Crippen molar-refractivity contribution in [2.75, 3.05) is 0 Å². The predicted octanol–water partition coefficient (Wildman–Crippen LogP) is 5.46. The second-order valence-corrected chi connectivity index (χ2v) is 5.05. The number of aryl methyl sites for hydroxylation is 1. The lowest BCUT2D eigenvalue weighted by molar-refractivity contribution is 0.305. The average Bonchev–Trinajstić information content (AvgIpc) is 2.80. The Morgan fingerprint density at radius 2 is 2.00 bits per heavy atom. The average molecular weight is 257 g/mol. The molecule has 19 heavy (non-hydrogen) atoms. The minimum Gasteiger partial charge on any atom is -0.362 e. The maximum absolute atomic E-state index is 3.70. The lowest BCUT2D eigenvalue weighted by Gasteiger charge is -2.39. The Hall–Kier alpha value is -1.50. The molecule has 0 atom stereocenters. The molecular formula is C18H27N. The Morgan fingerprint density at radius 1 is 1.32 bits per heavy atom. The Morgan fingerprint density at radius 3 is 2.42 bits per heavy atom. The van der Waals surface area contributed by atoms with Crippen LogP contribution >= 0.6 is 0 Å². The largest absolute Gasteiger partial charge is 0.362 e. The molecule has 1 aliphatic rings. The van der Waals surface area contributed by atoms with Gasteiger partial charge in [-0.05, 0) is 38.8 Å². The molecule has 0 aliphatic heterocycles. The van der Waals surface area contributed by atoms with Gasteiger partial charge in [0.2, 0.25) is 0 Å². The molecule has 0 aromatic carbocycles. The van der Waals surface area contributed by atoms with E-state index in [1.807, 2.05) is 26.0 Å². The van der Waals surface area contributed by atoms with Crippen molar-refractivity contribution in [3.63, 3.8) is 0 Å². The minimum atomic E-state index is 0.254. The fourth-order valence-electron chi connectivity index (χ4n) is 2.55. The lowest BCUT2D eigenvalue weighted by Crippen LogP contribution is -2.32. The Labute approximate surface area is 118 Å². The van der Waals surface area contributed by atoms with Crippen LogP contribution in [0.2, 0.25) is 0 Å². The number of nitrogens with one attached hydrogen (secondary N) is 1. The maximum Gasteiger partial charge on any atom is 0.0288 e. The number of H-pyrrole nitrogens is 1. The topological polar surface area (TPSA) is 15.8 Å². The van der Waals surface area contributed by atoms with Gasteiger partial charge in [0, 0.05) is 16.8 Å². The van der Waals surface area contributed by atoms with Gasteiger partial charge in [-0.2, -0.15) is 0 Å². The standard InChI is InChI=1S/C16H21N.C2H6/c1-4-5-7-13(2)12-16(10-6-11-16)15-9-8-14(3)17-15;1-2/h4-5,7-9,12,17H,1,6,10-11H2,2-3H3;1-2H3/b7-5-,13-12+;. The molecule has 0 spiro atoms. The molecule has 1 N–H and O–H groups in total. The van der Waals surface area contributed by atoms with Crippen molar-refractivity contribution in [3.05, 3.63) is 60.0 Å². The molecule has 0 saturated heterocycles. The highest BCUT2D eigenvalue weighted by atomic mass is 14.7. The highest BCUT2D eigenvalue weighted by molar-refractivity contribution is 5.35. The van der Waals surface area contributed by atoms with Gasteiger partial charge in [-0.3, -0.25) is 0 Å². The number of hydrogen-bond acceptors (Lipinski definition) is 0. The molecule has 1 saturated carbocycles. The molecule has 0 radical (unpaired) electrons. The van der Waals surface area contributed by atoms with Crippen molar-refractivity contribution in [2.45, 2.75) is 52.4 Å². The second kappa shape index (κ2) is 7.18. The summed E-state index contributed by atoms with van der Waals surface area (Å²) in [7, 11) is 0. The normalized spacial score (nSPS) is 17.6. The molecule has 1 heteroatoms. The van der Waals surface area contributed by atoms with E-state index in [0.29, 0.717) is 0 Å². The van der Waals surface area contributed by atoms with Crippen LogP contribution in [0.25, 0.3) is 0 Å². The summed E-state index contributed by atoms with van der Waals surface area (Å²) in [4.78, 5) is 3.49. The van der Waals surface area contributed by atoms with E-state index in [9.17, 15) is 0 Å². The van der Waals surface area contributed by atoms with E-state index >= 15 is 0 Å². The van der Waals surface area contributed by atoms with Crippen molar-refractivity contribution >= 4 is 0 Å². The summed E-state index contributed by atoms with van der Waals surface area (Å²) in [6.45, 7) is 12.0. The molecule has 1 nitrogen and oxygen atoms in total. The van der Waals surface area contributed by atoms with Crippen LogP contribution in [0.15, 0.2) is 48.6 Å². The maximum atomic E-state index is 3.70. The van der Waals surface area contributed by atoms with Crippen LogP contribution in [0.5, 0.6) is 0 Å². The molecule has 1 fully saturated rings. The first-order valence-corrected chi connectivity index (χ1v) is 7.31. The summed E-state index contributed by atoms with van der Waals surface area (Å²) in [5.41, 5.74) is 4.19. The summed E-state index contributed by atoms with van der Waals surface area (Å²) in [6, 6.07) is 4.40. The van der Waals surface area contributed by atoms with Gasteiger partial charge < -0.3 is 4.98 Å². The van der Waals surface area contributed by atoms with E-state index in [2.05, 4.69) is 49.7 Å². The Balaban J connectivity index is 0.000000861. The van der Waals surface area contributed by atoms with Crippen molar-refractivity contribution < 1.29 is 0 Å². The van der Waals surface area contributed by atoms with Crippen LogP contribution in [0, 0.1) is 6.92 Å². The fraction of sp³-hybridized carbons (Fsp3) is 0.444. The molecule has 1 aromatic heterocycles. The minimum absolute atomic E-state index is 0.254. The Bertz CT molecular complexity index is 456. The fourth-order valence-corrected chi connectivity index (χ4v) is 2.55. The molecule has 1 heterocycles. The summed E-state index contributed by atoms with van der Waals surface area (Å²) in [6.07, 6.45) is 12.2. The van der Waals surface area contributed by atoms with Gasteiger partial charge in [0.15, 0.2) is 0 Å². The van der Waals surface area contributed by atoms with E-state index in [-0.39, 0.29) is 5.41 Å². The van der Waals surface area contributed by atoms with Crippen LogP contribution in [0.4, 0.5) is 0 Å². The zero-order valence-corrected chi connectivity index (χ0v) is 12.8. The van der Waals surface area contributed by atoms with Crippen LogP contribution < -0.4 is 0 Å². The first-order chi connectivity index (χ1) is 9.16.